The molecule has 0 heterocycles. The second-order valence-electron chi connectivity index (χ2n) is 5.38. The Balaban J connectivity index is 1.53. The maximum absolute atomic E-state index is 11.9. The standard InChI is InChI=1S/C19H21ClN2O2S/c20-16-9-7-15(8-10-16)19(24)22-13-11-18(23)21-12-4-14-25-17-5-2-1-3-6-17/h1-3,5-10H,4,11-14H2,(H,21,23)(H,22,24). The molecule has 25 heavy (non-hydrogen) atoms. The van der Waals surface area contributed by atoms with E-state index in [-0.39, 0.29) is 18.2 Å². The van der Waals surface area contributed by atoms with Gasteiger partial charge in [0.1, 0.15) is 0 Å². The SMILES string of the molecule is O=C(CCNC(=O)c1ccc(Cl)cc1)NCCCSc1ccccc1. The Morgan fingerprint density at radius 2 is 1.64 bits per heavy atom. The van der Waals surface area contributed by atoms with Crippen molar-refractivity contribution in [3.8, 4) is 0 Å². The number of halogens is 1. The lowest BCUT2D eigenvalue weighted by molar-refractivity contribution is -0.120. The van der Waals surface area contributed by atoms with E-state index < -0.39 is 0 Å². The summed E-state index contributed by atoms with van der Waals surface area (Å²) in [5.74, 6) is 0.697. The highest BCUT2D eigenvalue weighted by molar-refractivity contribution is 7.99. The molecule has 0 atom stereocenters. The second kappa shape index (κ2) is 10.8. The van der Waals surface area contributed by atoms with Crippen LogP contribution in [-0.4, -0.2) is 30.7 Å². The number of thioether (sulfide) groups is 1. The lowest BCUT2D eigenvalue weighted by atomic mass is 10.2. The topological polar surface area (TPSA) is 58.2 Å². The fourth-order valence-corrected chi connectivity index (χ4v) is 3.09. The highest BCUT2D eigenvalue weighted by Gasteiger charge is 2.06. The Labute approximate surface area is 157 Å². The number of rotatable bonds is 9. The number of hydrogen-bond acceptors (Lipinski definition) is 3. The molecule has 0 fully saturated rings. The van der Waals surface area contributed by atoms with Gasteiger partial charge in [0.05, 0.1) is 0 Å². The predicted molar refractivity (Wildman–Crippen MR) is 103 cm³/mol. The summed E-state index contributed by atoms with van der Waals surface area (Å²) in [4.78, 5) is 24.9. The molecule has 132 valence electrons. The molecule has 0 aliphatic carbocycles. The van der Waals surface area contributed by atoms with E-state index >= 15 is 0 Å². The van der Waals surface area contributed by atoms with Crippen molar-refractivity contribution in [3.63, 3.8) is 0 Å². The molecule has 0 aliphatic rings. The third kappa shape index (κ3) is 7.63. The van der Waals surface area contributed by atoms with E-state index in [9.17, 15) is 9.59 Å². The summed E-state index contributed by atoms with van der Waals surface area (Å²) >= 11 is 7.56. The molecule has 2 N–H and O–H groups in total. The van der Waals surface area contributed by atoms with Crippen LogP contribution in [0.4, 0.5) is 0 Å². The van der Waals surface area contributed by atoms with Gasteiger partial charge < -0.3 is 10.6 Å². The van der Waals surface area contributed by atoms with E-state index in [0.717, 1.165) is 12.2 Å². The van der Waals surface area contributed by atoms with Gasteiger partial charge in [-0.1, -0.05) is 29.8 Å². The average Bonchev–Trinajstić information content (AvgIpc) is 2.63. The first-order chi connectivity index (χ1) is 12.1. The summed E-state index contributed by atoms with van der Waals surface area (Å²) in [5.41, 5.74) is 0.530. The molecule has 0 aliphatic heterocycles. The van der Waals surface area contributed by atoms with Crippen LogP contribution in [-0.2, 0) is 4.79 Å². The van der Waals surface area contributed by atoms with Crippen molar-refractivity contribution in [2.45, 2.75) is 17.7 Å². The summed E-state index contributed by atoms with van der Waals surface area (Å²) in [6.07, 6.45) is 1.17. The molecule has 0 radical (unpaired) electrons. The minimum atomic E-state index is -0.205. The normalized spacial score (nSPS) is 10.3. The van der Waals surface area contributed by atoms with Crippen molar-refractivity contribution in [3.05, 3.63) is 65.2 Å². The molecule has 0 spiro atoms. The fraction of sp³-hybridized carbons (Fsp3) is 0.263. The van der Waals surface area contributed by atoms with Crippen molar-refractivity contribution in [1.82, 2.24) is 10.6 Å². The van der Waals surface area contributed by atoms with Gasteiger partial charge in [0.15, 0.2) is 0 Å². The summed E-state index contributed by atoms with van der Waals surface area (Å²) in [6, 6.07) is 16.8. The molecule has 0 bridgehead atoms. The van der Waals surface area contributed by atoms with Crippen molar-refractivity contribution < 1.29 is 9.59 Å². The number of carbonyl (C=O) groups is 2. The Bertz CT molecular complexity index is 678. The van der Waals surface area contributed by atoms with Crippen LogP contribution in [0.3, 0.4) is 0 Å². The molecule has 2 aromatic rings. The number of amides is 2. The zero-order valence-electron chi connectivity index (χ0n) is 13.8. The molecule has 2 rings (SSSR count). The minimum Gasteiger partial charge on any atom is -0.356 e. The molecule has 6 heteroatoms. The van der Waals surface area contributed by atoms with Crippen LogP contribution >= 0.6 is 23.4 Å². The van der Waals surface area contributed by atoms with E-state index in [1.807, 2.05) is 18.2 Å². The quantitative estimate of drug-likeness (QED) is 0.517. The first-order valence-corrected chi connectivity index (χ1v) is 9.50. The first kappa shape index (κ1) is 19.3. The van der Waals surface area contributed by atoms with E-state index in [4.69, 9.17) is 11.6 Å². The van der Waals surface area contributed by atoms with Crippen LogP contribution < -0.4 is 10.6 Å². The van der Waals surface area contributed by atoms with Crippen molar-refractivity contribution >= 4 is 35.2 Å². The smallest absolute Gasteiger partial charge is 0.251 e. The molecule has 2 amide bonds. The number of nitrogens with one attached hydrogen (secondary N) is 2. The zero-order chi connectivity index (χ0) is 17.9. The average molecular weight is 377 g/mol. The molecular weight excluding hydrogens is 356 g/mol. The predicted octanol–water partition coefficient (Wildman–Crippen LogP) is 3.76. The van der Waals surface area contributed by atoms with E-state index in [0.29, 0.717) is 23.7 Å². The van der Waals surface area contributed by atoms with E-state index in [1.165, 1.54) is 4.90 Å². The lowest BCUT2D eigenvalue weighted by Gasteiger charge is -2.07. The van der Waals surface area contributed by atoms with Crippen molar-refractivity contribution in [1.29, 1.82) is 0 Å². The van der Waals surface area contributed by atoms with Crippen LogP contribution in [0.2, 0.25) is 5.02 Å². The van der Waals surface area contributed by atoms with Crippen LogP contribution in [0.15, 0.2) is 59.5 Å². The molecule has 0 saturated carbocycles. The van der Waals surface area contributed by atoms with Gasteiger partial charge in [-0.2, -0.15) is 0 Å². The van der Waals surface area contributed by atoms with Gasteiger partial charge in [0.2, 0.25) is 5.91 Å². The molecule has 0 unspecified atom stereocenters. The maximum Gasteiger partial charge on any atom is 0.251 e. The zero-order valence-corrected chi connectivity index (χ0v) is 15.4. The van der Waals surface area contributed by atoms with Crippen LogP contribution in [0.1, 0.15) is 23.2 Å². The van der Waals surface area contributed by atoms with Gasteiger partial charge in [-0.15, -0.1) is 11.8 Å². The Kier molecular flexibility index (Phi) is 8.35. The van der Waals surface area contributed by atoms with Gasteiger partial charge >= 0.3 is 0 Å². The first-order valence-electron chi connectivity index (χ1n) is 8.13. The Hall–Kier alpha value is -1.98. The van der Waals surface area contributed by atoms with Crippen LogP contribution in [0.25, 0.3) is 0 Å². The van der Waals surface area contributed by atoms with Crippen LogP contribution in [0, 0.1) is 0 Å². The van der Waals surface area contributed by atoms with Crippen molar-refractivity contribution in [2.24, 2.45) is 0 Å². The Morgan fingerprint density at radius 1 is 0.920 bits per heavy atom. The molecule has 2 aromatic carbocycles. The fourth-order valence-electron chi connectivity index (χ4n) is 2.09. The van der Waals surface area contributed by atoms with Gasteiger partial charge in [-0.25, -0.2) is 0 Å². The largest absolute Gasteiger partial charge is 0.356 e. The summed E-state index contributed by atoms with van der Waals surface area (Å²) in [6.45, 7) is 0.954. The summed E-state index contributed by atoms with van der Waals surface area (Å²) in [5, 5.41) is 6.18. The maximum atomic E-state index is 11.9. The van der Waals surface area contributed by atoms with Gasteiger partial charge in [-0.05, 0) is 48.6 Å². The molecular formula is C19H21ClN2O2S. The molecule has 0 saturated heterocycles. The Morgan fingerprint density at radius 3 is 2.36 bits per heavy atom. The summed E-state index contributed by atoms with van der Waals surface area (Å²) < 4.78 is 0. The van der Waals surface area contributed by atoms with E-state index in [2.05, 4.69) is 22.8 Å². The van der Waals surface area contributed by atoms with Gasteiger partial charge in [0, 0.05) is 35.0 Å². The molecule has 4 nitrogen and oxygen atoms in total. The lowest BCUT2D eigenvalue weighted by Crippen LogP contribution is -2.31. The minimum absolute atomic E-state index is 0.0545. The number of benzene rings is 2. The van der Waals surface area contributed by atoms with Crippen LogP contribution in [0.5, 0.6) is 0 Å². The third-order valence-electron chi connectivity index (χ3n) is 3.40. The van der Waals surface area contributed by atoms with Crippen molar-refractivity contribution in [2.75, 3.05) is 18.8 Å². The monoisotopic (exact) mass is 376 g/mol. The summed E-state index contributed by atoms with van der Waals surface area (Å²) in [7, 11) is 0. The molecule has 0 aromatic heterocycles. The van der Waals surface area contributed by atoms with E-state index in [1.54, 1.807) is 36.0 Å². The number of hydrogen-bond donors (Lipinski definition) is 2. The number of carbonyl (C=O) groups excluding carboxylic acids is 2. The van der Waals surface area contributed by atoms with Gasteiger partial charge in [0.25, 0.3) is 5.91 Å². The highest BCUT2D eigenvalue weighted by Crippen LogP contribution is 2.17. The van der Waals surface area contributed by atoms with Gasteiger partial charge in [-0.3, -0.25) is 9.59 Å². The second-order valence-corrected chi connectivity index (χ2v) is 6.98. The third-order valence-corrected chi connectivity index (χ3v) is 4.75. The highest BCUT2D eigenvalue weighted by atomic mass is 35.5.